The Labute approximate surface area is 238 Å². The summed E-state index contributed by atoms with van der Waals surface area (Å²) in [7, 11) is 1.38. The van der Waals surface area contributed by atoms with Gasteiger partial charge in [-0.05, 0) is 77.2 Å². The van der Waals surface area contributed by atoms with Crippen LogP contribution in [0.2, 0.25) is 0 Å². The number of rotatable bonds is 12. The van der Waals surface area contributed by atoms with Crippen LogP contribution in [0.25, 0.3) is 6.08 Å². The summed E-state index contributed by atoms with van der Waals surface area (Å²) >= 11 is 13.8. The maximum Gasteiger partial charge on any atom is 0.305 e. The number of esters is 1. The van der Waals surface area contributed by atoms with E-state index in [1.165, 1.54) is 18.9 Å². The predicted molar refractivity (Wildman–Crippen MR) is 154 cm³/mol. The number of nitrogens with zero attached hydrogens (tertiary/aromatic N) is 1. The highest BCUT2D eigenvalue weighted by Crippen LogP contribution is 2.40. The molecule has 192 valence electrons. The minimum absolute atomic E-state index is 0.109. The lowest BCUT2D eigenvalue weighted by Gasteiger charge is -2.15. The minimum atomic E-state index is -0.217. The van der Waals surface area contributed by atoms with E-state index in [0.717, 1.165) is 39.3 Å². The average Bonchev–Trinajstić information content (AvgIpc) is 3.11. The number of benzene rings is 2. The average molecular weight is 657 g/mol. The summed E-state index contributed by atoms with van der Waals surface area (Å²) in [6.07, 6.45) is 4.51. The third-order valence-electron chi connectivity index (χ3n) is 5.29. The van der Waals surface area contributed by atoms with E-state index in [2.05, 4.69) is 36.6 Å². The third-order valence-corrected chi connectivity index (χ3v) is 7.79. The number of carbonyl (C=O) groups excluding carboxylic acids is 2. The van der Waals surface area contributed by atoms with E-state index < -0.39 is 0 Å². The smallest absolute Gasteiger partial charge is 0.305 e. The maximum absolute atomic E-state index is 13.0. The van der Waals surface area contributed by atoms with Crippen molar-refractivity contribution in [3.05, 3.63) is 61.4 Å². The molecule has 3 rings (SSSR count). The number of ether oxygens (including phenoxy) is 3. The Bertz CT molecular complexity index is 1140. The van der Waals surface area contributed by atoms with Crippen molar-refractivity contribution in [3.8, 4) is 11.5 Å². The normalized spacial score (nSPS) is 14.4. The van der Waals surface area contributed by atoms with Crippen molar-refractivity contribution in [2.75, 3.05) is 20.3 Å². The van der Waals surface area contributed by atoms with Gasteiger partial charge in [0.15, 0.2) is 11.5 Å². The summed E-state index contributed by atoms with van der Waals surface area (Å²) in [5.74, 6) is 0.876. The van der Waals surface area contributed by atoms with Gasteiger partial charge in [0, 0.05) is 17.4 Å². The van der Waals surface area contributed by atoms with Crippen molar-refractivity contribution >= 4 is 78.1 Å². The van der Waals surface area contributed by atoms with Gasteiger partial charge in [-0.25, -0.2) is 0 Å². The van der Waals surface area contributed by atoms with Crippen LogP contribution in [0.5, 0.6) is 11.5 Å². The van der Waals surface area contributed by atoms with Gasteiger partial charge < -0.3 is 14.2 Å². The molecule has 6 nitrogen and oxygen atoms in total. The minimum Gasteiger partial charge on any atom is -0.490 e. The Hall–Kier alpha value is -1.88. The fourth-order valence-corrected chi connectivity index (χ4v) is 5.62. The number of carbonyl (C=O) groups is 2. The van der Waals surface area contributed by atoms with E-state index in [1.807, 2.05) is 49.4 Å². The third kappa shape index (κ3) is 8.06. The van der Waals surface area contributed by atoms with Crippen molar-refractivity contribution in [1.29, 1.82) is 0 Å². The quantitative estimate of drug-likeness (QED) is 0.104. The second-order valence-electron chi connectivity index (χ2n) is 7.90. The summed E-state index contributed by atoms with van der Waals surface area (Å²) in [5, 5.41) is 0. The highest BCUT2D eigenvalue weighted by molar-refractivity contribution is 9.10. The lowest BCUT2D eigenvalue weighted by Crippen LogP contribution is -2.29. The molecule has 10 heteroatoms. The number of thioether (sulfide) groups is 1. The molecular weight excluding hydrogens is 630 g/mol. The Kier molecular flexibility index (Phi) is 11.3. The van der Waals surface area contributed by atoms with Gasteiger partial charge in [-0.3, -0.25) is 14.5 Å². The van der Waals surface area contributed by atoms with Gasteiger partial charge in [-0.1, -0.05) is 58.5 Å². The summed E-state index contributed by atoms with van der Waals surface area (Å²) < 4.78 is 18.9. The van der Waals surface area contributed by atoms with Crippen LogP contribution in [-0.2, 0) is 20.9 Å². The van der Waals surface area contributed by atoms with Gasteiger partial charge in [0.2, 0.25) is 0 Å². The molecule has 0 aliphatic carbocycles. The fourth-order valence-electron chi connectivity index (χ4n) is 3.47. The van der Waals surface area contributed by atoms with Gasteiger partial charge in [0.05, 0.1) is 23.1 Å². The van der Waals surface area contributed by atoms with Crippen molar-refractivity contribution in [2.45, 2.75) is 39.2 Å². The van der Waals surface area contributed by atoms with Crippen LogP contribution in [0.4, 0.5) is 0 Å². The molecular formula is C26H27Br2NO5S2. The van der Waals surface area contributed by atoms with Crippen LogP contribution in [0.1, 0.15) is 43.7 Å². The number of amides is 1. The van der Waals surface area contributed by atoms with Crippen LogP contribution in [0, 0.1) is 0 Å². The van der Waals surface area contributed by atoms with Crippen LogP contribution < -0.4 is 9.47 Å². The largest absolute Gasteiger partial charge is 0.490 e. The number of hydrogen-bond acceptors (Lipinski definition) is 7. The highest BCUT2D eigenvalue weighted by Gasteiger charge is 2.31. The molecule has 1 heterocycles. The molecule has 0 bridgehead atoms. The summed E-state index contributed by atoms with van der Waals surface area (Å²) in [6, 6.07) is 11.7. The number of methoxy groups -OCH3 is 1. The molecule has 0 radical (unpaired) electrons. The van der Waals surface area contributed by atoms with Gasteiger partial charge in [-0.15, -0.1) is 0 Å². The van der Waals surface area contributed by atoms with Crippen LogP contribution >= 0.6 is 55.8 Å². The van der Waals surface area contributed by atoms with E-state index in [4.69, 9.17) is 21.7 Å². The van der Waals surface area contributed by atoms with Crippen molar-refractivity contribution in [2.24, 2.45) is 0 Å². The predicted octanol–water partition coefficient (Wildman–Crippen LogP) is 7.12. The topological polar surface area (TPSA) is 65.1 Å². The number of halogens is 2. The van der Waals surface area contributed by atoms with E-state index in [0.29, 0.717) is 46.9 Å². The first-order valence-electron chi connectivity index (χ1n) is 11.5. The zero-order valence-electron chi connectivity index (χ0n) is 20.1. The molecule has 0 aromatic heterocycles. The first-order valence-corrected chi connectivity index (χ1v) is 14.3. The van der Waals surface area contributed by atoms with Crippen molar-refractivity contribution in [3.63, 3.8) is 0 Å². The standard InChI is InChI=1S/C26H27Br2NO5S2/c1-3-33-21-14-18(13-20(28)24(21)34-16-17-8-10-19(27)11-9-17)15-22-25(31)29(26(35)36-22)12-6-4-5-7-23(30)32-2/h8-11,13-15H,3-7,12,16H2,1-2H3/b22-15+. The number of unbranched alkanes of at least 4 members (excludes halogenated alkanes) is 2. The second kappa shape index (κ2) is 14.2. The highest BCUT2D eigenvalue weighted by atomic mass is 79.9. The molecule has 1 fully saturated rings. The van der Waals surface area contributed by atoms with Gasteiger partial charge in [-0.2, -0.15) is 0 Å². The summed E-state index contributed by atoms with van der Waals surface area (Å²) in [5.41, 5.74) is 1.84. The Morgan fingerprint density at radius 1 is 1.11 bits per heavy atom. The molecule has 1 aliphatic heterocycles. The molecule has 0 saturated carbocycles. The second-order valence-corrected chi connectivity index (χ2v) is 11.3. The number of thiocarbonyl (C=S) groups is 1. The monoisotopic (exact) mass is 655 g/mol. The van der Waals surface area contributed by atoms with Gasteiger partial charge >= 0.3 is 5.97 Å². The SMILES string of the molecule is CCOc1cc(/C=C2/SC(=S)N(CCCCCC(=O)OC)C2=O)cc(Br)c1OCc1ccc(Br)cc1. The Morgan fingerprint density at radius 2 is 1.86 bits per heavy atom. The Morgan fingerprint density at radius 3 is 2.56 bits per heavy atom. The van der Waals surface area contributed by atoms with Gasteiger partial charge in [0.1, 0.15) is 10.9 Å². The molecule has 1 amide bonds. The fraction of sp³-hybridized carbons (Fsp3) is 0.346. The van der Waals surface area contributed by atoms with Crippen molar-refractivity contribution in [1.82, 2.24) is 4.90 Å². The molecule has 0 unspecified atom stereocenters. The number of hydrogen-bond donors (Lipinski definition) is 0. The molecule has 0 spiro atoms. The maximum atomic E-state index is 13.0. The first kappa shape index (κ1) is 28.7. The van der Waals surface area contributed by atoms with Crippen LogP contribution in [-0.4, -0.2) is 41.4 Å². The van der Waals surface area contributed by atoms with Gasteiger partial charge in [0.25, 0.3) is 5.91 Å². The van der Waals surface area contributed by atoms with E-state index in [-0.39, 0.29) is 11.9 Å². The Balaban J connectivity index is 1.68. The van der Waals surface area contributed by atoms with E-state index >= 15 is 0 Å². The summed E-state index contributed by atoms with van der Waals surface area (Å²) in [6.45, 7) is 3.31. The zero-order chi connectivity index (χ0) is 26.1. The molecule has 0 N–H and O–H groups in total. The lowest BCUT2D eigenvalue weighted by atomic mass is 10.1. The molecule has 1 aliphatic rings. The molecule has 36 heavy (non-hydrogen) atoms. The van der Waals surface area contributed by atoms with E-state index in [1.54, 1.807) is 4.90 Å². The lowest BCUT2D eigenvalue weighted by molar-refractivity contribution is -0.140. The first-order chi connectivity index (χ1) is 17.3. The molecule has 1 saturated heterocycles. The molecule has 0 atom stereocenters. The zero-order valence-corrected chi connectivity index (χ0v) is 24.9. The molecule has 2 aromatic rings. The summed E-state index contributed by atoms with van der Waals surface area (Å²) in [4.78, 5) is 26.4. The van der Waals surface area contributed by atoms with Crippen LogP contribution in [0.15, 0.2) is 50.2 Å². The molecule has 2 aromatic carbocycles. The van der Waals surface area contributed by atoms with Crippen LogP contribution in [0.3, 0.4) is 0 Å². The van der Waals surface area contributed by atoms with Crippen molar-refractivity contribution < 1.29 is 23.8 Å². The van der Waals surface area contributed by atoms with E-state index in [9.17, 15) is 9.59 Å².